The Kier molecular flexibility index (Phi) is 3.05. The number of nitrogens with two attached hydrogens (primary N) is 1. The van der Waals surface area contributed by atoms with Crippen molar-refractivity contribution in [1.29, 1.82) is 0 Å². The number of rotatable bonds is 2. The molecular weight excluding hydrogens is 220 g/mol. The van der Waals surface area contributed by atoms with Crippen molar-refractivity contribution >= 4 is 15.9 Å². The molecule has 0 unspecified atom stereocenters. The van der Waals surface area contributed by atoms with Gasteiger partial charge in [-0.3, -0.25) is 4.98 Å². The van der Waals surface area contributed by atoms with Crippen molar-refractivity contribution in [3.8, 4) is 5.75 Å². The van der Waals surface area contributed by atoms with Crippen molar-refractivity contribution in [3.63, 3.8) is 0 Å². The number of halogens is 1. The lowest BCUT2D eigenvalue weighted by molar-refractivity contribution is 0.404. The Morgan fingerprint density at radius 2 is 2.25 bits per heavy atom. The lowest BCUT2D eigenvalue weighted by Gasteiger charge is -2.12. The molecule has 12 heavy (non-hydrogen) atoms. The largest absolute Gasteiger partial charge is 0.495 e. The molecule has 2 N–H and O–H groups in total. The zero-order chi connectivity index (χ0) is 9.14. The van der Waals surface area contributed by atoms with Crippen molar-refractivity contribution in [3.05, 3.63) is 22.4 Å². The van der Waals surface area contributed by atoms with Crippen molar-refractivity contribution in [2.24, 2.45) is 5.73 Å². The molecule has 0 fully saturated rings. The number of methoxy groups -OCH3 is 1. The van der Waals surface area contributed by atoms with Crippen LogP contribution < -0.4 is 10.5 Å². The van der Waals surface area contributed by atoms with Crippen LogP contribution in [0.2, 0.25) is 0 Å². The van der Waals surface area contributed by atoms with Crippen molar-refractivity contribution < 1.29 is 4.74 Å². The minimum atomic E-state index is -0.0580. The van der Waals surface area contributed by atoms with Gasteiger partial charge in [0.1, 0.15) is 5.75 Å². The number of aromatic nitrogens is 1. The highest BCUT2D eigenvalue weighted by Crippen LogP contribution is 2.29. The Morgan fingerprint density at radius 3 is 2.67 bits per heavy atom. The van der Waals surface area contributed by atoms with E-state index in [1.54, 1.807) is 19.5 Å². The first-order valence-electron chi connectivity index (χ1n) is 3.59. The third-order valence-corrected chi connectivity index (χ3v) is 2.21. The van der Waals surface area contributed by atoms with E-state index in [4.69, 9.17) is 10.5 Å². The van der Waals surface area contributed by atoms with Gasteiger partial charge in [0.05, 0.1) is 13.3 Å². The van der Waals surface area contributed by atoms with E-state index in [9.17, 15) is 0 Å². The van der Waals surface area contributed by atoms with Crippen LogP contribution in [0.5, 0.6) is 5.75 Å². The van der Waals surface area contributed by atoms with Crippen LogP contribution in [0, 0.1) is 0 Å². The van der Waals surface area contributed by atoms with E-state index >= 15 is 0 Å². The highest BCUT2D eigenvalue weighted by molar-refractivity contribution is 9.10. The summed E-state index contributed by atoms with van der Waals surface area (Å²) in [5.74, 6) is 0.722. The fourth-order valence-electron chi connectivity index (χ4n) is 1.03. The normalized spacial score (nSPS) is 12.7. The fourth-order valence-corrected chi connectivity index (χ4v) is 1.71. The summed E-state index contributed by atoms with van der Waals surface area (Å²) in [6.07, 6.45) is 3.37. The minimum absolute atomic E-state index is 0.0580. The molecule has 1 rings (SSSR count). The summed E-state index contributed by atoms with van der Waals surface area (Å²) >= 11 is 3.37. The van der Waals surface area contributed by atoms with E-state index in [-0.39, 0.29) is 6.04 Å². The summed E-state index contributed by atoms with van der Waals surface area (Å²) in [5, 5.41) is 0. The lowest BCUT2D eigenvalue weighted by Crippen LogP contribution is -2.08. The van der Waals surface area contributed by atoms with Crippen LogP contribution in [-0.2, 0) is 0 Å². The quantitative estimate of drug-likeness (QED) is 0.845. The Hall–Kier alpha value is -0.610. The monoisotopic (exact) mass is 230 g/mol. The van der Waals surface area contributed by atoms with Gasteiger partial charge >= 0.3 is 0 Å². The predicted molar refractivity (Wildman–Crippen MR) is 51.1 cm³/mol. The molecular formula is C8H11BrN2O. The third-order valence-electron chi connectivity index (χ3n) is 1.58. The molecule has 0 saturated heterocycles. The van der Waals surface area contributed by atoms with E-state index in [1.807, 2.05) is 6.92 Å². The van der Waals surface area contributed by atoms with E-state index < -0.39 is 0 Å². The number of nitrogens with zero attached hydrogens (tertiary/aromatic N) is 1. The molecule has 4 heteroatoms. The molecule has 0 spiro atoms. The summed E-state index contributed by atoms with van der Waals surface area (Å²) in [4.78, 5) is 3.97. The number of ether oxygens (including phenoxy) is 1. The van der Waals surface area contributed by atoms with Crippen molar-refractivity contribution in [1.82, 2.24) is 4.98 Å². The molecule has 66 valence electrons. The zero-order valence-corrected chi connectivity index (χ0v) is 8.63. The first kappa shape index (κ1) is 9.48. The Balaban J connectivity index is 3.20. The SMILES string of the molecule is COc1cncc(Br)c1[C@@H](C)N. The molecule has 0 amide bonds. The summed E-state index contributed by atoms with van der Waals surface area (Å²) in [7, 11) is 1.61. The van der Waals surface area contributed by atoms with Crippen LogP contribution in [0.15, 0.2) is 16.9 Å². The van der Waals surface area contributed by atoms with Gasteiger partial charge in [-0.2, -0.15) is 0 Å². The topological polar surface area (TPSA) is 48.1 Å². The maximum Gasteiger partial charge on any atom is 0.143 e. The first-order chi connectivity index (χ1) is 5.66. The molecule has 0 bridgehead atoms. The van der Waals surface area contributed by atoms with Gasteiger partial charge in [0.2, 0.25) is 0 Å². The second kappa shape index (κ2) is 3.87. The van der Waals surface area contributed by atoms with Gasteiger partial charge in [-0.25, -0.2) is 0 Å². The Bertz CT molecular complexity index is 276. The van der Waals surface area contributed by atoms with Gasteiger partial charge in [-0.1, -0.05) is 0 Å². The smallest absolute Gasteiger partial charge is 0.143 e. The van der Waals surface area contributed by atoms with Crippen LogP contribution in [0.25, 0.3) is 0 Å². The van der Waals surface area contributed by atoms with E-state index in [0.717, 1.165) is 15.8 Å². The maximum atomic E-state index is 5.75. The zero-order valence-electron chi connectivity index (χ0n) is 7.04. The molecule has 1 aromatic heterocycles. The molecule has 1 heterocycles. The van der Waals surface area contributed by atoms with Crippen LogP contribution in [0.4, 0.5) is 0 Å². The van der Waals surface area contributed by atoms with E-state index in [1.165, 1.54) is 0 Å². The van der Waals surface area contributed by atoms with Gasteiger partial charge < -0.3 is 10.5 Å². The van der Waals surface area contributed by atoms with Crippen LogP contribution in [-0.4, -0.2) is 12.1 Å². The molecule has 0 radical (unpaired) electrons. The molecule has 0 aliphatic carbocycles. The highest BCUT2D eigenvalue weighted by atomic mass is 79.9. The molecule has 0 saturated carbocycles. The van der Waals surface area contributed by atoms with E-state index in [0.29, 0.717) is 0 Å². The van der Waals surface area contributed by atoms with Crippen LogP contribution >= 0.6 is 15.9 Å². The van der Waals surface area contributed by atoms with Crippen LogP contribution in [0.3, 0.4) is 0 Å². The summed E-state index contributed by atoms with van der Waals surface area (Å²) in [6, 6.07) is -0.0580. The molecule has 1 atom stereocenters. The standard InChI is InChI=1S/C8H11BrN2O/c1-5(10)8-6(9)3-11-4-7(8)12-2/h3-5H,10H2,1-2H3/t5-/m1/s1. The summed E-state index contributed by atoms with van der Waals surface area (Å²) in [6.45, 7) is 1.91. The van der Waals surface area contributed by atoms with Crippen molar-refractivity contribution in [2.45, 2.75) is 13.0 Å². The molecule has 1 aromatic rings. The number of hydrogen-bond donors (Lipinski definition) is 1. The second-order valence-electron chi connectivity index (χ2n) is 2.53. The van der Waals surface area contributed by atoms with Gasteiger partial charge in [-0.15, -0.1) is 0 Å². The van der Waals surface area contributed by atoms with Gasteiger partial charge in [-0.05, 0) is 22.9 Å². The second-order valence-corrected chi connectivity index (χ2v) is 3.38. The summed E-state index contributed by atoms with van der Waals surface area (Å²) < 4.78 is 6.00. The van der Waals surface area contributed by atoms with Crippen LogP contribution in [0.1, 0.15) is 18.5 Å². The molecule has 0 aliphatic rings. The maximum absolute atomic E-state index is 5.75. The van der Waals surface area contributed by atoms with Gasteiger partial charge in [0, 0.05) is 22.3 Å². The number of pyridine rings is 1. The third kappa shape index (κ3) is 1.76. The Labute approximate surface area is 80.1 Å². The van der Waals surface area contributed by atoms with Crippen molar-refractivity contribution in [2.75, 3.05) is 7.11 Å². The highest BCUT2D eigenvalue weighted by Gasteiger charge is 2.11. The molecule has 3 nitrogen and oxygen atoms in total. The molecule has 0 aliphatic heterocycles. The minimum Gasteiger partial charge on any atom is -0.495 e. The number of hydrogen-bond acceptors (Lipinski definition) is 3. The predicted octanol–water partition coefficient (Wildman–Crippen LogP) is 1.87. The summed E-state index contributed by atoms with van der Waals surface area (Å²) in [5.41, 5.74) is 6.70. The first-order valence-corrected chi connectivity index (χ1v) is 4.39. The average molecular weight is 231 g/mol. The fraction of sp³-hybridized carbons (Fsp3) is 0.375. The Morgan fingerprint density at radius 1 is 1.58 bits per heavy atom. The average Bonchev–Trinajstić information content (AvgIpc) is 2.03. The molecule has 0 aromatic carbocycles. The van der Waals surface area contributed by atoms with Gasteiger partial charge in [0.15, 0.2) is 0 Å². The van der Waals surface area contributed by atoms with Gasteiger partial charge in [0.25, 0.3) is 0 Å². The lowest BCUT2D eigenvalue weighted by atomic mass is 10.1. The van der Waals surface area contributed by atoms with E-state index in [2.05, 4.69) is 20.9 Å².